The van der Waals surface area contributed by atoms with Gasteiger partial charge in [0.2, 0.25) is 0 Å². The fraction of sp³-hybridized carbons (Fsp3) is 0.455. The number of rotatable bonds is 4. The van der Waals surface area contributed by atoms with E-state index >= 15 is 0 Å². The second kappa shape index (κ2) is 5.32. The van der Waals surface area contributed by atoms with Crippen LogP contribution in [0.25, 0.3) is 0 Å². The van der Waals surface area contributed by atoms with E-state index in [0.717, 1.165) is 12.1 Å². The smallest absolute Gasteiger partial charge is 0.194 e. The van der Waals surface area contributed by atoms with Gasteiger partial charge in [-0.1, -0.05) is 0 Å². The number of ether oxygens (including phenoxy) is 1. The quantitative estimate of drug-likeness (QED) is 0.811. The summed E-state index contributed by atoms with van der Waals surface area (Å²) in [6.07, 6.45) is -0.0267. The van der Waals surface area contributed by atoms with E-state index in [0.29, 0.717) is 0 Å². The van der Waals surface area contributed by atoms with Crippen LogP contribution in [0.1, 0.15) is 25.5 Å². The van der Waals surface area contributed by atoms with Gasteiger partial charge in [-0.15, -0.1) is 0 Å². The van der Waals surface area contributed by atoms with Crippen LogP contribution in [0, 0.1) is 17.5 Å². The van der Waals surface area contributed by atoms with Gasteiger partial charge >= 0.3 is 0 Å². The van der Waals surface area contributed by atoms with Crippen LogP contribution in [0.3, 0.4) is 0 Å². The Morgan fingerprint density at radius 1 is 1.19 bits per heavy atom. The van der Waals surface area contributed by atoms with Gasteiger partial charge in [-0.3, -0.25) is 0 Å². The van der Waals surface area contributed by atoms with Gasteiger partial charge in [0.1, 0.15) is 0 Å². The van der Waals surface area contributed by atoms with Gasteiger partial charge in [0.05, 0.1) is 18.8 Å². The normalized spacial score (nSPS) is 13.2. The lowest BCUT2D eigenvalue weighted by atomic mass is 10.1. The average Bonchev–Trinajstić information content (AvgIpc) is 2.21. The van der Waals surface area contributed by atoms with Crippen LogP contribution in [-0.4, -0.2) is 12.7 Å². The zero-order valence-electron chi connectivity index (χ0n) is 9.14. The molecule has 0 aromatic heterocycles. The lowest BCUT2D eigenvalue weighted by molar-refractivity contribution is 0.0682. The molecule has 0 amide bonds. The number of nitrogens with two attached hydrogens (primary N) is 1. The molecule has 0 spiro atoms. The first-order valence-corrected chi connectivity index (χ1v) is 4.93. The lowest BCUT2D eigenvalue weighted by Gasteiger charge is -2.15. The highest BCUT2D eigenvalue weighted by Gasteiger charge is 2.15. The molecule has 0 aliphatic carbocycles. The van der Waals surface area contributed by atoms with Crippen LogP contribution >= 0.6 is 0 Å². The topological polar surface area (TPSA) is 35.2 Å². The minimum atomic E-state index is -1.49. The van der Waals surface area contributed by atoms with E-state index < -0.39 is 23.5 Å². The minimum absolute atomic E-state index is 0.0267. The highest BCUT2D eigenvalue weighted by molar-refractivity contribution is 5.22. The van der Waals surface area contributed by atoms with Crippen molar-refractivity contribution in [1.82, 2.24) is 0 Å². The number of hydrogen-bond acceptors (Lipinski definition) is 2. The van der Waals surface area contributed by atoms with Crippen molar-refractivity contribution in [2.24, 2.45) is 5.73 Å². The molecule has 0 fully saturated rings. The molecule has 2 N–H and O–H groups in total. The van der Waals surface area contributed by atoms with E-state index in [-0.39, 0.29) is 18.3 Å². The van der Waals surface area contributed by atoms with Crippen molar-refractivity contribution < 1.29 is 17.9 Å². The van der Waals surface area contributed by atoms with E-state index in [4.69, 9.17) is 10.5 Å². The predicted molar refractivity (Wildman–Crippen MR) is 54.3 cm³/mol. The maximum Gasteiger partial charge on any atom is 0.194 e. The molecule has 0 bridgehead atoms. The van der Waals surface area contributed by atoms with Gasteiger partial charge in [0.25, 0.3) is 0 Å². The fourth-order valence-corrected chi connectivity index (χ4v) is 1.18. The van der Waals surface area contributed by atoms with Crippen molar-refractivity contribution in [2.75, 3.05) is 6.61 Å². The molecule has 1 aromatic rings. The molecule has 5 heteroatoms. The van der Waals surface area contributed by atoms with Gasteiger partial charge in [0.15, 0.2) is 17.5 Å². The van der Waals surface area contributed by atoms with Gasteiger partial charge in [-0.2, -0.15) is 0 Å². The maximum atomic E-state index is 12.9. The van der Waals surface area contributed by atoms with Crippen molar-refractivity contribution in [3.05, 3.63) is 35.1 Å². The molecule has 0 saturated heterocycles. The van der Waals surface area contributed by atoms with E-state index in [2.05, 4.69) is 0 Å². The predicted octanol–water partition coefficient (Wildman–Crippen LogP) is 2.53. The fourth-order valence-electron chi connectivity index (χ4n) is 1.18. The Labute approximate surface area is 92.2 Å². The first kappa shape index (κ1) is 13.0. The Hall–Kier alpha value is -1.07. The van der Waals surface area contributed by atoms with Crippen LogP contribution in [-0.2, 0) is 4.74 Å². The second-order valence-electron chi connectivity index (χ2n) is 3.79. The van der Waals surface area contributed by atoms with E-state index in [1.165, 1.54) is 0 Å². The summed E-state index contributed by atoms with van der Waals surface area (Å²) >= 11 is 0. The number of halogens is 3. The number of benzene rings is 1. The highest BCUT2D eigenvalue weighted by atomic mass is 19.2. The zero-order chi connectivity index (χ0) is 12.3. The third-order valence-electron chi connectivity index (χ3n) is 2.04. The molecule has 0 heterocycles. The third-order valence-corrected chi connectivity index (χ3v) is 2.04. The molecule has 0 aliphatic heterocycles. The van der Waals surface area contributed by atoms with Gasteiger partial charge in [0, 0.05) is 0 Å². The molecule has 1 aromatic carbocycles. The van der Waals surface area contributed by atoms with Crippen molar-refractivity contribution in [2.45, 2.75) is 26.0 Å². The summed E-state index contributed by atoms with van der Waals surface area (Å²) in [5, 5.41) is 0. The molecule has 0 radical (unpaired) electrons. The van der Waals surface area contributed by atoms with Crippen LogP contribution in [0.5, 0.6) is 0 Å². The van der Waals surface area contributed by atoms with E-state index in [1.807, 2.05) is 13.8 Å². The molecule has 1 unspecified atom stereocenters. The summed E-state index contributed by atoms with van der Waals surface area (Å²) in [5.74, 6) is -3.97. The van der Waals surface area contributed by atoms with Crippen LogP contribution in [0.2, 0.25) is 0 Å². The highest BCUT2D eigenvalue weighted by Crippen LogP contribution is 2.18. The van der Waals surface area contributed by atoms with Gasteiger partial charge in [-0.05, 0) is 31.5 Å². The molecule has 90 valence electrons. The van der Waals surface area contributed by atoms with E-state index in [9.17, 15) is 13.2 Å². The summed E-state index contributed by atoms with van der Waals surface area (Å²) in [6, 6.07) is 1.09. The van der Waals surface area contributed by atoms with E-state index in [1.54, 1.807) is 0 Å². The average molecular weight is 233 g/mol. The molecule has 1 rings (SSSR count). The largest absolute Gasteiger partial charge is 0.377 e. The lowest BCUT2D eigenvalue weighted by Crippen LogP contribution is -2.20. The Bertz CT molecular complexity index is 345. The summed E-state index contributed by atoms with van der Waals surface area (Å²) in [5.41, 5.74) is 5.83. The SMILES string of the molecule is CC(C)OCC(N)c1cc(F)c(F)c(F)c1. The second-order valence-corrected chi connectivity index (χ2v) is 3.79. The Balaban J connectivity index is 2.80. The molecular weight excluding hydrogens is 219 g/mol. The summed E-state index contributed by atoms with van der Waals surface area (Å²) in [7, 11) is 0. The van der Waals surface area contributed by atoms with Crippen LogP contribution in [0.4, 0.5) is 13.2 Å². The summed E-state index contributed by atoms with van der Waals surface area (Å²) < 4.78 is 43.6. The Kier molecular flexibility index (Phi) is 4.32. The number of hydrogen-bond donors (Lipinski definition) is 1. The Morgan fingerprint density at radius 2 is 1.69 bits per heavy atom. The zero-order valence-corrected chi connectivity index (χ0v) is 9.14. The van der Waals surface area contributed by atoms with Crippen LogP contribution < -0.4 is 5.73 Å². The molecular formula is C11H14F3NO. The summed E-state index contributed by atoms with van der Waals surface area (Å²) in [4.78, 5) is 0. The maximum absolute atomic E-state index is 12.9. The molecule has 0 saturated carbocycles. The van der Waals surface area contributed by atoms with Crippen molar-refractivity contribution in [3.63, 3.8) is 0 Å². The third kappa shape index (κ3) is 3.21. The summed E-state index contributed by atoms with van der Waals surface area (Å²) in [6.45, 7) is 3.76. The standard InChI is InChI=1S/C11H14F3NO/c1-6(2)16-5-10(15)7-3-8(12)11(14)9(13)4-7/h3-4,6,10H,5,15H2,1-2H3. The van der Waals surface area contributed by atoms with Gasteiger partial charge in [-0.25, -0.2) is 13.2 Å². The van der Waals surface area contributed by atoms with Crippen molar-refractivity contribution in [3.8, 4) is 0 Å². The van der Waals surface area contributed by atoms with Crippen molar-refractivity contribution >= 4 is 0 Å². The monoisotopic (exact) mass is 233 g/mol. The first-order valence-electron chi connectivity index (χ1n) is 4.93. The molecule has 0 aliphatic rings. The minimum Gasteiger partial charge on any atom is -0.377 e. The first-order chi connectivity index (χ1) is 7.41. The Morgan fingerprint density at radius 3 is 2.12 bits per heavy atom. The molecule has 1 atom stereocenters. The van der Waals surface area contributed by atoms with Crippen molar-refractivity contribution in [1.29, 1.82) is 0 Å². The molecule has 16 heavy (non-hydrogen) atoms. The van der Waals surface area contributed by atoms with Crippen LogP contribution in [0.15, 0.2) is 12.1 Å². The van der Waals surface area contributed by atoms with Gasteiger partial charge < -0.3 is 10.5 Å². The molecule has 2 nitrogen and oxygen atoms in total.